The summed E-state index contributed by atoms with van der Waals surface area (Å²) in [5.74, 6) is -0.561. The predicted molar refractivity (Wildman–Crippen MR) is 53.9 cm³/mol. The van der Waals surface area contributed by atoms with Crippen LogP contribution >= 0.6 is 0 Å². The van der Waals surface area contributed by atoms with Crippen molar-refractivity contribution < 1.29 is 23.8 Å². The molecular formula is C10H16FNO4. The maximum absolute atomic E-state index is 14.1. The summed E-state index contributed by atoms with van der Waals surface area (Å²) in [7, 11) is 0. The first kappa shape index (κ1) is 12.7. The van der Waals surface area contributed by atoms with Crippen LogP contribution in [0.2, 0.25) is 0 Å². The van der Waals surface area contributed by atoms with Crippen molar-refractivity contribution >= 4 is 12.1 Å². The third-order valence-corrected chi connectivity index (χ3v) is 2.70. The van der Waals surface area contributed by atoms with E-state index in [0.29, 0.717) is 0 Å². The smallest absolute Gasteiger partial charge is 0.407 e. The van der Waals surface area contributed by atoms with Crippen molar-refractivity contribution in [3.8, 4) is 0 Å². The van der Waals surface area contributed by atoms with Gasteiger partial charge in [-0.3, -0.25) is 4.79 Å². The molecule has 1 fully saturated rings. The number of carbonyl (C=O) groups excluding carboxylic acids is 1. The molecule has 1 aliphatic rings. The van der Waals surface area contributed by atoms with Gasteiger partial charge in [0.2, 0.25) is 0 Å². The molecule has 0 radical (unpaired) electrons. The number of rotatable bonds is 3. The van der Waals surface area contributed by atoms with Crippen molar-refractivity contribution in [3.05, 3.63) is 0 Å². The zero-order chi connectivity index (χ0) is 12.2. The highest BCUT2D eigenvalue weighted by atomic mass is 19.1. The van der Waals surface area contributed by atoms with E-state index in [9.17, 15) is 14.0 Å². The number of hydrogen-bond donors (Lipinski definition) is 1. The molecule has 0 aromatic rings. The van der Waals surface area contributed by atoms with Crippen LogP contribution in [0, 0.1) is 0 Å². The van der Waals surface area contributed by atoms with Crippen LogP contribution in [0.1, 0.15) is 26.2 Å². The van der Waals surface area contributed by atoms with E-state index in [1.807, 2.05) is 0 Å². The Bertz CT molecular complexity index is 274. The zero-order valence-corrected chi connectivity index (χ0v) is 9.24. The number of piperidine rings is 1. The van der Waals surface area contributed by atoms with Crippen molar-refractivity contribution in [2.75, 3.05) is 19.7 Å². The summed E-state index contributed by atoms with van der Waals surface area (Å²) in [6.45, 7) is 2.16. The lowest BCUT2D eigenvalue weighted by Crippen LogP contribution is -2.45. The van der Waals surface area contributed by atoms with E-state index in [4.69, 9.17) is 5.11 Å². The average Bonchev–Trinajstić information content (AvgIpc) is 2.17. The predicted octanol–water partition coefficient (Wildman–Crippen LogP) is 1.42. The number of carbonyl (C=O) groups is 2. The van der Waals surface area contributed by atoms with Gasteiger partial charge in [0, 0.05) is 13.1 Å². The van der Waals surface area contributed by atoms with Gasteiger partial charge in [0.25, 0.3) is 0 Å². The minimum Gasteiger partial charge on any atom is -0.466 e. The lowest BCUT2D eigenvalue weighted by Gasteiger charge is -2.34. The molecule has 0 atom stereocenters. The van der Waals surface area contributed by atoms with Gasteiger partial charge in [-0.25, -0.2) is 9.18 Å². The number of esters is 1. The summed E-state index contributed by atoms with van der Waals surface area (Å²) in [6.07, 6.45) is -1.22. The Morgan fingerprint density at radius 2 is 2.00 bits per heavy atom. The number of carboxylic acid groups (broad SMARTS) is 1. The van der Waals surface area contributed by atoms with E-state index < -0.39 is 17.7 Å². The van der Waals surface area contributed by atoms with E-state index in [2.05, 4.69) is 4.74 Å². The lowest BCUT2D eigenvalue weighted by molar-refractivity contribution is -0.147. The van der Waals surface area contributed by atoms with Crippen molar-refractivity contribution in [1.82, 2.24) is 4.90 Å². The van der Waals surface area contributed by atoms with Gasteiger partial charge in [0.15, 0.2) is 0 Å². The Morgan fingerprint density at radius 1 is 1.44 bits per heavy atom. The Balaban J connectivity index is 2.43. The van der Waals surface area contributed by atoms with Crippen LogP contribution in [0.4, 0.5) is 9.18 Å². The van der Waals surface area contributed by atoms with Crippen molar-refractivity contribution in [3.63, 3.8) is 0 Å². The number of hydrogen-bond acceptors (Lipinski definition) is 3. The van der Waals surface area contributed by atoms with Gasteiger partial charge in [-0.15, -0.1) is 0 Å². The number of halogens is 1. The molecule has 1 amide bonds. The molecule has 16 heavy (non-hydrogen) atoms. The summed E-state index contributed by atoms with van der Waals surface area (Å²) >= 11 is 0. The molecule has 1 rings (SSSR count). The molecule has 0 saturated carbocycles. The fourth-order valence-electron chi connectivity index (χ4n) is 1.75. The average molecular weight is 233 g/mol. The quantitative estimate of drug-likeness (QED) is 0.748. The van der Waals surface area contributed by atoms with E-state index in [0.717, 1.165) is 4.90 Å². The number of amides is 1. The lowest BCUT2D eigenvalue weighted by atomic mass is 9.90. The topological polar surface area (TPSA) is 66.8 Å². The van der Waals surface area contributed by atoms with Crippen LogP contribution in [-0.2, 0) is 9.53 Å². The van der Waals surface area contributed by atoms with Crippen LogP contribution in [0.15, 0.2) is 0 Å². The van der Waals surface area contributed by atoms with E-state index in [1.54, 1.807) is 6.92 Å². The largest absolute Gasteiger partial charge is 0.466 e. The summed E-state index contributed by atoms with van der Waals surface area (Å²) in [4.78, 5) is 22.9. The van der Waals surface area contributed by atoms with Crippen LogP contribution in [0.3, 0.4) is 0 Å². The molecule has 1 N–H and O–H groups in total. The van der Waals surface area contributed by atoms with Crippen LogP contribution in [-0.4, -0.2) is 47.4 Å². The summed E-state index contributed by atoms with van der Waals surface area (Å²) in [5.41, 5.74) is -1.61. The monoisotopic (exact) mass is 233 g/mol. The van der Waals surface area contributed by atoms with Crippen LogP contribution in [0.25, 0.3) is 0 Å². The molecule has 0 aromatic carbocycles. The molecule has 0 aromatic heterocycles. The third-order valence-electron chi connectivity index (χ3n) is 2.70. The Labute approximate surface area is 93.2 Å². The minimum atomic E-state index is -1.61. The standard InChI is InChI=1S/C10H16FNO4/c1-2-16-8(13)7-10(11)3-5-12(6-4-10)9(14)15/h2-7H2,1H3,(H,14,15). The Hall–Kier alpha value is -1.33. The molecule has 92 valence electrons. The molecule has 1 heterocycles. The van der Waals surface area contributed by atoms with Crippen LogP contribution < -0.4 is 0 Å². The molecule has 0 spiro atoms. The normalized spacial score (nSPS) is 19.2. The second kappa shape index (κ2) is 5.14. The fraction of sp³-hybridized carbons (Fsp3) is 0.800. The van der Waals surface area contributed by atoms with E-state index >= 15 is 0 Å². The highest BCUT2D eigenvalue weighted by Gasteiger charge is 2.38. The van der Waals surface area contributed by atoms with Gasteiger partial charge >= 0.3 is 12.1 Å². The number of ether oxygens (including phenoxy) is 1. The molecular weight excluding hydrogens is 217 g/mol. The first-order chi connectivity index (χ1) is 7.47. The maximum atomic E-state index is 14.1. The molecule has 1 aliphatic heterocycles. The summed E-state index contributed by atoms with van der Waals surface area (Å²) in [5, 5.41) is 8.69. The van der Waals surface area contributed by atoms with Crippen LogP contribution in [0.5, 0.6) is 0 Å². The third kappa shape index (κ3) is 3.36. The molecule has 0 aliphatic carbocycles. The maximum Gasteiger partial charge on any atom is 0.407 e. The summed E-state index contributed by atoms with van der Waals surface area (Å²) in [6, 6.07) is 0. The van der Waals surface area contributed by atoms with Gasteiger partial charge in [-0.2, -0.15) is 0 Å². The van der Waals surface area contributed by atoms with E-state index in [-0.39, 0.29) is 39.0 Å². The van der Waals surface area contributed by atoms with Gasteiger partial charge in [0.1, 0.15) is 5.67 Å². The summed E-state index contributed by atoms with van der Waals surface area (Å²) < 4.78 is 18.7. The van der Waals surface area contributed by atoms with Gasteiger partial charge in [-0.05, 0) is 19.8 Å². The van der Waals surface area contributed by atoms with Crippen molar-refractivity contribution in [2.45, 2.75) is 31.9 Å². The highest BCUT2D eigenvalue weighted by molar-refractivity contribution is 5.71. The molecule has 1 saturated heterocycles. The van der Waals surface area contributed by atoms with Crippen molar-refractivity contribution in [1.29, 1.82) is 0 Å². The number of likely N-dealkylation sites (tertiary alicyclic amines) is 1. The molecule has 5 nitrogen and oxygen atoms in total. The molecule has 6 heteroatoms. The molecule has 0 unspecified atom stereocenters. The fourth-order valence-corrected chi connectivity index (χ4v) is 1.75. The Morgan fingerprint density at radius 3 is 2.44 bits per heavy atom. The number of alkyl halides is 1. The SMILES string of the molecule is CCOC(=O)CC1(F)CCN(C(=O)O)CC1. The second-order valence-corrected chi connectivity index (χ2v) is 3.90. The minimum absolute atomic E-state index is 0.0537. The van der Waals surface area contributed by atoms with E-state index in [1.165, 1.54) is 0 Å². The van der Waals surface area contributed by atoms with Gasteiger partial charge in [-0.1, -0.05) is 0 Å². The van der Waals surface area contributed by atoms with Gasteiger partial charge < -0.3 is 14.7 Å². The van der Waals surface area contributed by atoms with Gasteiger partial charge in [0.05, 0.1) is 13.0 Å². The number of nitrogens with zero attached hydrogens (tertiary/aromatic N) is 1. The zero-order valence-electron chi connectivity index (χ0n) is 9.24. The second-order valence-electron chi connectivity index (χ2n) is 3.90. The van der Waals surface area contributed by atoms with Crippen molar-refractivity contribution in [2.24, 2.45) is 0 Å². The Kier molecular flexibility index (Phi) is 4.09. The molecule has 0 bridgehead atoms. The first-order valence-electron chi connectivity index (χ1n) is 5.29. The first-order valence-corrected chi connectivity index (χ1v) is 5.29. The highest BCUT2D eigenvalue weighted by Crippen LogP contribution is 2.30.